The van der Waals surface area contributed by atoms with Gasteiger partial charge in [0.1, 0.15) is 5.82 Å². The average Bonchev–Trinajstić information content (AvgIpc) is 3.15. The van der Waals surface area contributed by atoms with E-state index in [1.165, 1.54) is 18.3 Å². The Bertz CT molecular complexity index is 1180. The summed E-state index contributed by atoms with van der Waals surface area (Å²) in [6.45, 7) is 2.29. The predicted octanol–water partition coefficient (Wildman–Crippen LogP) is 2.86. The lowest BCUT2D eigenvalue weighted by Gasteiger charge is -2.24. The van der Waals surface area contributed by atoms with E-state index in [9.17, 15) is 19.1 Å². The van der Waals surface area contributed by atoms with Gasteiger partial charge in [0.05, 0.1) is 24.9 Å². The van der Waals surface area contributed by atoms with E-state index < -0.39 is 11.7 Å². The second-order valence-corrected chi connectivity index (χ2v) is 7.45. The zero-order valence-corrected chi connectivity index (χ0v) is 17.1. The summed E-state index contributed by atoms with van der Waals surface area (Å²) in [5.41, 5.74) is 3.30. The van der Waals surface area contributed by atoms with Gasteiger partial charge in [-0.05, 0) is 41.8 Å². The molecular weight excluding hydrogens is 399 g/mol. The van der Waals surface area contributed by atoms with E-state index >= 15 is 0 Å². The minimum atomic E-state index is -0.543. The molecule has 4 rings (SSSR count). The van der Waals surface area contributed by atoms with Gasteiger partial charge < -0.3 is 15.7 Å². The first-order chi connectivity index (χ1) is 15.0. The van der Waals surface area contributed by atoms with E-state index in [-0.39, 0.29) is 24.8 Å². The molecule has 0 unspecified atom stereocenters. The van der Waals surface area contributed by atoms with Gasteiger partial charge in [-0.15, -0.1) is 0 Å². The molecule has 3 aromatic rings. The molecule has 0 radical (unpaired) electrons. The first kappa shape index (κ1) is 20.7. The molecule has 0 bridgehead atoms. The lowest BCUT2D eigenvalue weighted by molar-refractivity contribution is -0.121. The highest BCUT2D eigenvalue weighted by atomic mass is 19.1. The number of nitrogens with zero attached hydrogens (tertiary/aromatic N) is 2. The highest BCUT2D eigenvalue weighted by Crippen LogP contribution is 2.32. The molecule has 0 fully saturated rings. The van der Waals surface area contributed by atoms with Gasteiger partial charge in [-0.2, -0.15) is 5.10 Å². The number of fused-ring (bicyclic) bond motifs is 1. The lowest BCUT2D eigenvalue weighted by atomic mass is 9.86. The number of aliphatic hydroxyl groups is 1. The maximum atomic E-state index is 13.8. The summed E-state index contributed by atoms with van der Waals surface area (Å²) in [6.07, 6.45) is 3.89. The number of anilines is 1. The number of aromatic nitrogens is 2. The first-order valence-corrected chi connectivity index (χ1v) is 10.2. The second kappa shape index (κ2) is 8.69. The Balaban J connectivity index is 1.68. The molecular formula is C23H23FN4O3. The van der Waals surface area contributed by atoms with Crippen LogP contribution in [0.2, 0.25) is 0 Å². The van der Waals surface area contributed by atoms with Crippen LogP contribution >= 0.6 is 0 Å². The molecule has 0 spiro atoms. The fourth-order valence-electron chi connectivity index (χ4n) is 3.91. The van der Waals surface area contributed by atoms with Crippen LogP contribution in [0.15, 0.2) is 54.4 Å². The van der Waals surface area contributed by atoms with Crippen LogP contribution in [0.25, 0.3) is 10.9 Å². The molecule has 3 N–H and O–H groups in total. The lowest BCUT2D eigenvalue weighted by Crippen LogP contribution is -2.32. The number of carbonyl (C=O) groups is 2. The van der Waals surface area contributed by atoms with Crippen molar-refractivity contribution in [1.82, 2.24) is 15.1 Å². The van der Waals surface area contributed by atoms with Gasteiger partial charge >= 0.3 is 0 Å². The van der Waals surface area contributed by atoms with Crippen molar-refractivity contribution in [2.24, 2.45) is 0 Å². The molecule has 1 aliphatic rings. The van der Waals surface area contributed by atoms with E-state index in [1.807, 2.05) is 19.1 Å². The molecule has 0 saturated heterocycles. The summed E-state index contributed by atoms with van der Waals surface area (Å²) in [7, 11) is 0. The number of benzene rings is 2. The van der Waals surface area contributed by atoms with E-state index in [4.69, 9.17) is 0 Å². The molecule has 1 aliphatic heterocycles. The number of nitrogens with one attached hydrogen (secondary N) is 2. The molecule has 160 valence electrons. The molecule has 1 atom stereocenters. The minimum absolute atomic E-state index is 0.0457. The zero-order valence-electron chi connectivity index (χ0n) is 17.1. The van der Waals surface area contributed by atoms with Crippen molar-refractivity contribution in [3.05, 3.63) is 71.3 Å². The van der Waals surface area contributed by atoms with Crippen molar-refractivity contribution >= 4 is 28.4 Å². The molecule has 7 nitrogen and oxygen atoms in total. The van der Waals surface area contributed by atoms with Gasteiger partial charge in [-0.25, -0.2) is 4.39 Å². The highest BCUT2D eigenvalue weighted by molar-refractivity contribution is 6.07. The molecule has 0 aliphatic carbocycles. The maximum Gasteiger partial charge on any atom is 0.253 e. The Morgan fingerprint density at radius 1 is 1.35 bits per heavy atom. The summed E-state index contributed by atoms with van der Waals surface area (Å²) in [5.74, 6) is -1.55. The Hall–Kier alpha value is -3.52. The Morgan fingerprint density at radius 3 is 2.94 bits per heavy atom. The van der Waals surface area contributed by atoms with Gasteiger partial charge in [-0.3, -0.25) is 14.3 Å². The quantitative estimate of drug-likeness (QED) is 0.569. The smallest absolute Gasteiger partial charge is 0.253 e. The normalized spacial score (nSPS) is 16.2. The number of carbonyl (C=O) groups excluding carboxylic acids is 2. The maximum absolute atomic E-state index is 13.8. The number of halogens is 1. The summed E-state index contributed by atoms with van der Waals surface area (Å²) < 4.78 is 15.4. The van der Waals surface area contributed by atoms with Crippen LogP contribution in [0.5, 0.6) is 0 Å². The predicted molar refractivity (Wildman–Crippen MR) is 115 cm³/mol. The van der Waals surface area contributed by atoms with Crippen LogP contribution < -0.4 is 10.6 Å². The van der Waals surface area contributed by atoms with Crippen LogP contribution in [0.3, 0.4) is 0 Å². The van der Waals surface area contributed by atoms with Crippen LogP contribution in [-0.2, 0) is 22.6 Å². The topological polar surface area (TPSA) is 96.2 Å². The summed E-state index contributed by atoms with van der Waals surface area (Å²) in [6, 6.07) is 9.76. The van der Waals surface area contributed by atoms with Gasteiger partial charge in [0.2, 0.25) is 5.91 Å². The third-order valence-corrected chi connectivity index (χ3v) is 5.47. The van der Waals surface area contributed by atoms with Crippen LogP contribution in [-0.4, -0.2) is 33.3 Å². The van der Waals surface area contributed by atoms with Gasteiger partial charge in [0, 0.05) is 35.2 Å². The number of rotatable bonds is 6. The molecule has 2 aromatic carbocycles. The van der Waals surface area contributed by atoms with Crippen LogP contribution in [0.1, 0.15) is 30.4 Å². The monoisotopic (exact) mass is 422 g/mol. The Labute approximate surface area is 178 Å². The number of amides is 2. The average molecular weight is 422 g/mol. The molecule has 0 saturated carbocycles. The summed E-state index contributed by atoms with van der Waals surface area (Å²) in [5, 5.41) is 20.0. The zero-order chi connectivity index (χ0) is 22.0. The first-order valence-electron chi connectivity index (χ1n) is 10.2. The van der Waals surface area contributed by atoms with Crippen LogP contribution in [0, 0.1) is 5.82 Å². The van der Waals surface area contributed by atoms with Crippen molar-refractivity contribution < 1.29 is 19.1 Å². The van der Waals surface area contributed by atoms with Crippen molar-refractivity contribution in [2.45, 2.75) is 32.2 Å². The Kier molecular flexibility index (Phi) is 5.81. The SMILES string of the molecule is CCc1cc2cnn(CCO)c2cc1NC(=O)C1=CNC(=O)C[C@H]1c1cccc(F)c1. The van der Waals surface area contributed by atoms with E-state index in [2.05, 4.69) is 15.7 Å². The number of aliphatic hydroxyl groups excluding tert-OH is 1. The molecule has 8 heteroatoms. The third kappa shape index (κ3) is 4.20. The molecule has 1 aromatic heterocycles. The van der Waals surface area contributed by atoms with Crippen LogP contribution in [0.4, 0.5) is 10.1 Å². The molecule has 2 amide bonds. The fraction of sp³-hybridized carbons (Fsp3) is 0.261. The van der Waals surface area contributed by atoms with Gasteiger partial charge in [0.25, 0.3) is 5.91 Å². The number of hydrogen-bond acceptors (Lipinski definition) is 4. The van der Waals surface area contributed by atoms with Crippen molar-refractivity contribution in [1.29, 1.82) is 0 Å². The van der Waals surface area contributed by atoms with E-state index in [0.29, 0.717) is 29.8 Å². The van der Waals surface area contributed by atoms with Gasteiger partial charge in [0.15, 0.2) is 0 Å². The standard InChI is InChI=1S/C23H23FN4O3/c1-2-14-8-16-12-26-28(6-7-29)21(16)11-20(14)27-23(31)19-13-25-22(30)10-18(19)15-4-3-5-17(24)9-15/h3-5,8-9,11-13,18,29H,2,6-7,10H2,1H3,(H,25,30)(H,27,31)/t18-/m0/s1. The van der Waals surface area contributed by atoms with Crippen molar-refractivity contribution in [3.63, 3.8) is 0 Å². The molecule has 31 heavy (non-hydrogen) atoms. The second-order valence-electron chi connectivity index (χ2n) is 7.45. The minimum Gasteiger partial charge on any atom is -0.394 e. The summed E-state index contributed by atoms with van der Waals surface area (Å²) >= 11 is 0. The number of hydrogen-bond donors (Lipinski definition) is 3. The molecule has 2 heterocycles. The largest absolute Gasteiger partial charge is 0.394 e. The van der Waals surface area contributed by atoms with Gasteiger partial charge in [-0.1, -0.05) is 19.1 Å². The Morgan fingerprint density at radius 2 is 2.19 bits per heavy atom. The van der Waals surface area contributed by atoms with E-state index in [1.54, 1.807) is 23.0 Å². The highest BCUT2D eigenvalue weighted by Gasteiger charge is 2.29. The summed E-state index contributed by atoms with van der Waals surface area (Å²) in [4.78, 5) is 25.2. The number of aryl methyl sites for hydroxylation is 1. The van der Waals surface area contributed by atoms with Crippen molar-refractivity contribution in [2.75, 3.05) is 11.9 Å². The van der Waals surface area contributed by atoms with Crippen molar-refractivity contribution in [3.8, 4) is 0 Å². The third-order valence-electron chi connectivity index (χ3n) is 5.47. The van der Waals surface area contributed by atoms with E-state index in [0.717, 1.165) is 16.5 Å². The fourth-order valence-corrected chi connectivity index (χ4v) is 3.91.